The summed E-state index contributed by atoms with van der Waals surface area (Å²) in [7, 11) is 0. The first-order valence-electron chi connectivity index (χ1n) is 7.95. The molecule has 22 heavy (non-hydrogen) atoms. The van der Waals surface area contributed by atoms with E-state index >= 15 is 0 Å². The van der Waals surface area contributed by atoms with Crippen molar-refractivity contribution >= 4 is 6.03 Å². The van der Waals surface area contributed by atoms with Crippen molar-refractivity contribution < 1.29 is 18.7 Å². The van der Waals surface area contributed by atoms with E-state index < -0.39 is 0 Å². The molecule has 124 valence electrons. The van der Waals surface area contributed by atoms with Crippen LogP contribution in [0.3, 0.4) is 0 Å². The number of rotatable bonds is 8. The Morgan fingerprint density at radius 2 is 2.36 bits per heavy atom. The topological polar surface area (TPSA) is 72.7 Å². The van der Waals surface area contributed by atoms with Gasteiger partial charge >= 0.3 is 6.03 Å². The van der Waals surface area contributed by atoms with Crippen molar-refractivity contribution in [2.45, 2.75) is 45.3 Å². The third-order valence-corrected chi connectivity index (χ3v) is 3.61. The second kappa shape index (κ2) is 8.80. The predicted octanol–water partition coefficient (Wildman–Crippen LogP) is 2.53. The average molecular weight is 310 g/mol. The van der Waals surface area contributed by atoms with Crippen LogP contribution in [0.4, 0.5) is 4.79 Å². The molecule has 0 spiro atoms. The van der Waals surface area contributed by atoms with Crippen LogP contribution in [0.25, 0.3) is 0 Å². The van der Waals surface area contributed by atoms with E-state index in [1.54, 1.807) is 0 Å². The van der Waals surface area contributed by atoms with Gasteiger partial charge in [0.05, 0.1) is 18.8 Å². The van der Waals surface area contributed by atoms with Crippen LogP contribution in [-0.2, 0) is 9.47 Å². The molecular formula is C16H26N2O4. The van der Waals surface area contributed by atoms with Gasteiger partial charge in [-0.1, -0.05) is 0 Å². The van der Waals surface area contributed by atoms with Crippen molar-refractivity contribution in [1.82, 2.24) is 10.6 Å². The summed E-state index contributed by atoms with van der Waals surface area (Å²) in [5, 5.41) is 5.66. The largest absolute Gasteiger partial charge is 0.464 e. The second-order valence-corrected chi connectivity index (χ2v) is 5.63. The molecule has 1 aliphatic heterocycles. The number of urea groups is 1. The molecule has 6 nitrogen and oxygen atoms in total. The summed E-state index contributed by atoms with van der Waals surface area (Å²) in [6.07, 6.45) is 3.26. The molecule has 0 saturated carbocycles. The van der Waals surface area contributed by atoms with Crippen LogP contribution in [0.1, 0.15) is 43.7 Å². The molecule has 2 amide bonds. The van der Waals surface area contributed by atoms with Crippen LogP contribution < -0.4 is 10.6 Å². The average Bonchev–Trinajstić information content (AvgIpc) is 3.14. The fourth-order valence-corrected chi connectivity index (χ4v) is 2.37. The van der Waals surface area contributed by atoms with Crippen LogP contribution in [0, 0.1) is 6.92 Å². The molecule has 0 aromatic carbocycles. The minimum absolute atomic E-state index is 0.149. The molecule has 2 unspecified atom stereocenters. The van der Waals surface area contributed by atoms with Crippen molar-refractivity contribution in [3.05, 3.63) is 23.7 Å². The van der Waals surface area contributed by atoms with E-state index in [0.717, 1.165) is 37.4 Å². The second-order valence-electron chi connectivity index (χ2n) is 5.63. The maximum atomic E-state index is 11.8. The number of nitrogens with one attached hydrogen (secondary N) is 2. The highest BCUT2D eigenvalue weighted by Gasteiger charge is 2.15. The zero-order valence-corrected chi connectivity index (χ0v) is 13.4. The molecule has 1 aromatic heterocycles. The first-order valence-corrected chi connectivity index (χ1v) is 7.95. The standard InChI is InChI=1S/C16H26N2O4/c1-12-6-7-15(22-12)13(2)18-16(19)17-8-4-9-20-11-14-5-3-10-21-14/h6-7,13-14H,3-5,8-11H2,1-2H3,(H2,17,18,19). The maximum Gasteiger partial charge on any atom is 0.315 e. The first kappa shape index (κ1) is 16.8. The summed E-state index contributed by atoms with van der Waals surface area (Å²) in [6, 6.07) is 3.42. The van der Waals surface area contributed by atoms with E-state index in [4.69, 9.17) is 13.9 Å². The van der Waals surface area contributed by atoms with Crippen molar-refractivity contribution in [3.63, 3.8) is 0 Å². The lowest BCUT2D eigenvalue weighted by atomic mass is 10.2. The van der Waals surface area contributed by atoms with Crippen molar-refractivity contribution in [2.24, 2.45) is 0 Å². The predicted molar refractivity (Wildman–Crippen MR) is 82.8 cm³/mol. The van der Waals surface area contributed by atoms with E-state index in [2.05, 4.69) is 10.6 Å². The zero-order chi connectivity index (χ0) is 15.8. The fourth-order valence-electron chi connectivity index (χ4n) is 2.37. The number of hydrogen-bond acceptors (Lipinski definition) is 4. The van der Waals surface area contributed by atoms with Gasteiger partial charge in [-0.2, -0.15) is 0 Å². The minimum Gasteiger partial charge on any atom is -0.464 e. The molecule has 2 rings (SSSR count). The van der Waals surface area contributed by atoms with Crippen LogP contribution in [0.2, 0.25) is 0 Å². The Labute approximate surface area is 131 Å². The number of furan rings is 1. The number of aryl methyl sites for hydroxylation is 1. The Bertz CT molecular complexity index is 455. The Hall–Kier alpha value is -1.53. The minimum atomic E-state index is -0.194. The quantitative estimate of drug-likeness (QED) is 0.724. The molecule has 1 fully saturated rings. The van der Waals surface area contributed by atoms with Crippen LogP contribution in [0.15, 0.2) is 16.5 Å². The smallest absolute Gasteiger partial charge is 0.315 e. The highest BCUT2D eigenvalue weighted by molar-refractivity contribution is 5.74. The molecular weight excluding hydrogens is 284 g/mol. The third kappa shape index (κ3) is 5.69. The molecule has 2 heterocycles. The maximum absolute atomic E-state index is 11.8. The van der Waals surface area contributed by atoms with E-state index in [0.29, 0.717) is 19.8 Å². The molecule has 0 aliphatic carbocycles. The van der Waals surface area contributed by atoms with Crippen molar-refractivity contribution in [2.75, 3.05) is 26.4 Å². The van der Waals surface area contributed by atoms with Crippen molar-refractivity contribution in [3.8, 4) is 0 Å². The molecule has 2 N–H and O–H groups in total. The van der Waals surface area contributed by atoms with Gasteiger partial charge in [0.1, 0.15) is 11.5 Å². The van der Waals surface area contributed by atoms with Gasteiger partial charge in [0.25, 0.3) is 0 Å². The monoisotopic (exact) mass is 310 g/mol. The lowest BCUT2D eigenvalue weighted by molar-refractivity contribution is 0.0168. The Morgan fingerprint density at radius 1 is 1.50 bits per heavy atom. The van der Waals surface area contributed by atoms with Crippen molar-refractivity contribution in [1.29, 1.82) is 0 Å². The van der Waals surface area contributed by atoms with E-state index in [-0.39, 0.29) is 18.2 Å². The number of carbonyl (C=O) groups is 1. The molecule has 1 saturated heterocycles. The normalized spacial score (nSPS) is 19.1. The van der Waals surface area contributed by atoms with Gasteiger partial charge < -0.3 is 24.5 Å². The summed E-state index contributed by atoms with van der Waals surface area (Å²) < 4.78 is 16.5. The van der Waals surface area contributed by atoms with Gasteiger partial charge in [0, 0.05) is 19.8 Å². The number of ether oxygens (including phenoxy) is 2. The summed E-state index contributed by atoms with van der Waals surface area (Å²) in [5.41, 5.74) is 0. The summed E-state index contributed by atoms with van der Waals surface area (Å²) in [6.45, 7) is 6.49. The van der Waals surface area contributed by atoms with Gasteiger partial charge in [0.15, 0.2) is 0 Å². The van der Waals surface area contributed by atoms with Gasteiger partial charge in [-0.05, 0) is 45.2 Å². The van der Waals surface area contributed by atoms with E-state index in [9.17, 15) is 4.79 Å². The van der Waals surface area contributed by atoms with Gasteiger partial charge in [0.2, 0.25) is 0 Å². The number of carbonyl (C=O) groups excluding carboxylic acids is 1. The van der Waals surface area contributed by atoms with Crippen LogP contribution >= 0.6 is 0 Å². The third-order valence-electron chi connectivity index (χ3n) is 3.61. The summed E-state index contributed by atoms with van der Waals surface area (Å²) in [5.74, 6) is 1.60. The Morgan fingerprint density at radius 3 is 3.05 bits per heavy atom. The van der Waals surface area contributed by atoms with E-state index in [1.807, 2.05) is 26.0 Å². The summed E-state index contributed by atoms with van der Waals surface area (Å²) in [4.78, 5) is 11.8. The molecule has 2 atom stereocenters. The number of hydrogen-bond donors (Lipinski definition) is 2. The van der Waals surface area contributed by atoms with Gasteiger partial charge in [-0.3, -0.25) is 0 Å². The molecule has 1 aliphatic rings. The van der Waals surface area contributed by atoms with Gasteiger partial charge in [-0.25, -0.2) is 4.79 Å². The van der Waals surface area contributed by atoms with Gasteiger partial charge in [-0.15, -0.1) is 0 Å². The Kier molecular flexibility index (Phi) is 6.74. The molecule has 6 heteroatoms. The SMILES string of the molecule is Cc1ccc(C(C)NC(=O)NCCCOCC2CCCO2)o1. The zero-order valence-electron chi connectivity index (χ0n) is 13.4. The lowest BCUT2D eigenvalue weighted by Crippen LogP contribution is -2.37. The molecule has 0 radical (unpaired) electrons. The molecule has 1 aromatic rings. The first-order chi connectivity index (χ1) is 10.6. The fraction of sp³-hybridized carbons (Fsp3) is 0.688. The highest BCUT2D eigenvalue weighted by atomic mass is 16.5. The number of amides is 2. The van der Waals surface area contributed by atoms with Crippen LogP contribution in [0.5, 0.6) is 0 Å². The lowest BCUT2D eigenvalue weighted by Gasteiger charge is -2.13. The summed E-state index contributed by atoms with van der Waals surface area (Å²) >= 11 is 0. The van der Waals surface area contributed by atoms with Crippen LogP contribution in [-0.4, -0.2) is 38.5 Å². The van der Waals surface area contributed by atoms with E-state index in [1.165, 1.54) is 0 Å². The highest BCUT2D eigenvalue weighted by Crippen LogP contribution is 2.15. The molecule has 0 bridgehead atoms. The Balaban J connectivity index is 1.50.